The van der Waals surface area contributed by atoms with Crippen LogP contribution in [0.25, 0.3) is 0 Å². The first-order chi connectivity index (χ1) is 12.0. The minimum Gasteiger partial charge on any atom is -0.376 e. The Morgan fingerprint density at radius 1 is 1.24 bits per heavy atom. The third kappa shape index (κ3) is 6.61. The van der Waals surface area contributed by atoms with E-state index >= 15 is 0 Å². The van der Waals surface area contributed by atoms with E-state index in [0.717, 1.165) is 18.7 Å². The summed E-state index contributed by atoms with van der Waals surface area (Å²) in [5, 5.41) is 14.7. The van der Waals surface area contributed by atoms with Crippen molar-refractivity contribution in [1.82, 2.24) is 4.90 Å². The predicted molar refractivity (Wildman–Crippen MR) is 108 cm³/mol. The Balaban J connectivity index is 2.11. The molecular weight excluding hydrogens is 354 g/mol. The van der Waals surface area contributed by atoms with Crippen molar-refractivity contribution in [3.8, 4) is 0 Å². The molecule has 1 atom stereocenters. The molecule has 2 rings (SSSR count). The standard InChI is InChI=1S/C18H23N3O2S2/c1-20(2)11-10-14(13-25-16-6-4-3-5-7-16)19-17-9-8-15(24)12-18(17)21(22)23/h3-9,12,14,19,24H,10-11,13H2,1-2H3. The quantitative estimate of drug-likeness (QED) is 0.293. The lowest BCUT2D eigenvalue weighted by molar-refractivity contribution is -0.384. The average molecular weight is 378 g/mol. The molecule has 0 spiro atoms. The molecule has 7 heteroatoms. The molecule has 1 unspecified atom stereocenters. The molecule has 0 aliphatic carbocycles. The Morgan fingerprint density at radius 2 is 1.96 bits per heavy atom. The fourth-order valence-electron chi connectivity index (χ4n) is 2.34. The fourth-order valence-corrected chi connectivity index (χ4v) is 3.53. The normalized spacial score (nSPS) is 12.2. The number of thiol groups is 1. The SMILES string of the molecule is CN(C)CCC(CSc1ccccc1)Nc1ccc(S)cc1[N+](=O)[O-]. The van der Waals surface area contributed by atoms with Crippen molar-refractivity contribution in [1.29, 1.82) is 0 Å². The molecule has 0 bridgehead atoms. The van der Waals surface area contributed by atoms with Crippen molar-refractivity contribution < 1.29 is 4.92 Å². The molecule has 1 N–H and O–H groups in total. The zero-order valence-corrected chi connectivity index (χ0v) is 16.1. The first-order valence-corrected chi connectivity index (χ1v) is 9.45. The summed E-state index contributed by atoms with van der Waals surface area (Å²) >= 11 is 5.95. The molecule has 25 heavy (non-hydrogen) atoms. The molecule has 0 aromatic heterocycles. The number of nitro groups is 1. The highest BCUT2D eigenvalue weighted by molar-refractivity contribution is 7.99. The van der Waals surface area contributed by atoms with Crippen molar-refractivity contribution in [2.75, 3.05) is 31.7 Å². The lowest BCUT2D eigenvalue weighted by Crippen LogP contribution is -2.28. The van der Waals surface area contributed by atoms with Gasteiger partial charge in [0.1, 0.15) is 5.69 Å². The number of rotatable bonds is 9. The van der Waals surface area contributed by atoms with Gasteiger partial charge < -0.3 is 10.2 Å². The number of hydrogen-bond donors (Lipinski definition) is 2. The van der Waals surface area contributed by atoms with E-state index < -0.39 is 0 Å². The lowest BCUT2D eigenvalue weighted by Gasteiger charge is -2.21. The number of benzene rings is 2. The third-order valence-electron chi connectivity index (χ3n) is 3.66. The van der Waals surface area contributed by atoms with Crippen LogP contribution in [0.3, 0.4) is 0 Å². The summed E-state index contributed by atoms with van der Waals surface area (Å²) in [5.74, 6) is 0.831. The van der Waals surface area contributed by atoms with Crippen LogP contribution in [0.15, 0.2) is 58.3 Å². The number of thioether (sulfide) groups is 1. The Hall–Kier alpha value is -1.70. The van der Waals surface area contributed by atoms with Gasteiger partial charge in [0.25, 0.3) is 5.69 Å². The van der Waals surface area contributed by atoms with Gasteiger partial charge in [0.2, 0.25) is 0 Å². The largest absolute Gasteiger partial charge is 0.376 e. The maximum absolute atomic E-state index is 11.3. The average Bonchev–Trinajstić information content (AvgIpc) is 2.59. The Bertz CT molecular complexity index is 696. The predicted octanol–water partition coefficient (Wildman–Crippen LogP) is 4.41. The highest BCUT2D eigenvalue weighted by Gasteiger charge is 2.18. The molecule has 0 heterocycles. The molecule has 0 amide bonds. The smallest absolute Gasteiger partial charge is 0.293 e. The first-order valence-electron chi connectivity index (χ1n) is 8.02. The summed E-state index contributed by atoms with van der Waals surface area (Å²) < 4.78 is 0. The molecular formula is C18H23N3O2S2. The van der Waals surface area contributed by atoms with Crippen LogP contribution in [0.1, 0.15) is 6.42 Å². The van der Waals surface area contributed by atoms with Gasteiger partial charge in [-0.2, -0.15) is 0 Å². The molecule has 0 aliphatic heterocycles. The van der Waals surface area contributed by atoms with Crippen LogP contribution in [-0.2, 0) is 0 Å². The highest BCUT2D eigenvalue weighted by Crippen LogP contribution is 2.29. The van der Waals surface area contributed by atoms with Crippen LogP contribution in [0.5, 0.6) is 0 Å². The number of nitrogens with one attached hydrogen (secondary N) is 1. The van der Waals surface area contributed by atoms with Gasteiger partial charge >= 0.3 is 0 Å². The van der Waals surface area contributed by atoms with Crippen LogP contribution in [0.4, 0.5) is 11.4 Å². The number of hydrogen-bond acceptors (Lipinski definition) is 6. The van der Waals surface area contributed by atoms with Crippen molar-refractivity contribution in [3.63, 3.8) is 0 Å². The van der Waals surface area contributed by atoms with E-state index in [4.69, 9.17) is 0 Å². The lowest BCUT2D eigenvalue weighted by atomic mass is 10.2. The van der Waals surface area contributed by atoms with Crippen molar-refractivity contribution in [2.45, 2.75) is 22.3 Å². The Kier molecular flexibility index (Phi) is 7.61. The zero-order chi connectivity index (χ0) is 18.2. The van der Waals surface area contributed by atoms with Crippen molar-refractivity contribution in [2.24, 2.45) is 0 Å². The zero-order valence-electron chi connectivity index (χ0n) is 14.4. The third-order valence-corrected chi connectivity index (χ3v) is 5.11. The van der Waals surface area contributed by atoms with Gasteiger partial charge in [0, 0.05) is 27.7 Å². The van der Waals surface area contributed by atoms with Crippen molar-refractivity contribution >= 4 is 35.8 Å². The monoisotopic (exact) mass is 377 g/mol. The van der Waals surface area contributed by atoms with Gasteiger partial charge in [-0.05, 0) is 51.3 Å². The maximum atomic E-state index is 11.3. The molecule has 2 aromatic carbocycles. The minimum atomic E-state index is -0.366. The summed E-state index contributed by atoms with van der Waals surface area (Å²) in [4.78, 5) is 14.8. The molecule has 2 aromatic rings. The van der Waals surface area contributed by atoms with E-state index in [9.17, 15) is 10.1 Å². The first kappa shape index (κ1) is 19.6. The summed E-state index contributed by atoms with van der Waals surface area (Å²) in [6.07, 6.45) is 0.895. The second kappa shape index (κ2) is 9.70. The van der Waals surface area contributed by atoms with Crippen LogP contribution < -0.4 is 5.32 Å². The topological polar surface area (TPSA) is 58.4 Å². The highest BCUT2D eigenvalue weighted by atomic mass is 32.2. The van der Waals surface area contributed by atoms with Crippen LogP contribution in [-0.4, -0.2) is 42.3 Å². The fraction of sp³-hybridized carbons (Fsp3) is 0.333. The number of anilines is 1. The molecule has 134 valence electrons. The van der Waals surface area contributed by atoms with Gasteiger partial charge in [-0.3, -0.25) is 10.1 Å². The van der Waals surface area contributed by atoms with Gasteiger partial charge in [-0.25, -0.2) is 0 Å². The molecule has 0 aliphatic rings. The van der Waals surface area contributed by atoms with Crippen LogP contribution in [0.2, 0.25) is 0 Å². The van der Waals surface area contributed by atoms with Gasteiger partial charge in [-0.1, -0.05) is 18.2 Å². The van der Waals surface area contributed by atoms with Crippen LogP contribution in [0, 0.1) is 10.1 Å². The van der Waals surface area contributed by atoms with Gasteiger partial charge in [0.15, 0.2) is 0 Å². The van der Waals surface area contributed by atoms with Gasteiger partial charge in [0.05, 0.1) is 4.92 Å². The van der Waals surface area contributed by atoms with E-state index in [1.165, 1.54) is 11.0 Å². The maximum Gasteiger partial charge on any atom is 0.293 e. The summed E-state index contributed by atoms with van der Waals surface area (Å²) in [6, 6.07) is 15.3. The second-order valence-electron chi connectivity index (χ2n) is 6.02. The summed E-state index contributed by atoms with van der Waals surface area (Å²) in [6.45, 7) is 0.908. The Labute approximate surface area is 158 Å². The van der Waals surface area contributed by atoms with E-state index in [1.54, 1.807) is 23.9 Å². The van der Waals surface area contributed by atoms with E-state index in [-0.39, 0.29) is 16.7 Å². The minimum absolute atomic E-state index is 0.0621. The molecule has 0 fully saturated rings. The molecule has 0 radical (unpaired) electrons. The van der Waals surface area contributed by atoms with E-state index in [2.05, 4.69) is 35.0 Å². The number of nitrogens with zero attached hydrogens (tertiary/aromatic N) is 2. The molecule has 5 nitrogen and oxygen atoms in total. The van der Waals surface area contributed by atoms with Gasteiger partial charge in [-0.15, -0.1) is 24.4 Å². The second-order valence-corrected chi connectivity index (χ2v) is 7.63. The van der Waals surface area contributed by atoms with Crippen molar-refractivity contribution in [3.05, 3.63) is 58.6 Å². The van der Waals surface area contributed by atoms with Crippen LogP contribution >= 0.6 is 24.4 Å². The summed E-state index contributed by atoms with van der Waals surface area (Å²) in [7, 11) is 4.05. The van der Waals surface area contributed by atoms with E-state index in [1.807, 2.05) is 32.3 Å². The molecule has 0 saturated heterocycles. The number of nitro benzene ring substituents is 1. The Morgan fingerprint density at radius 3 is 2.60 bits per heavy atom. The summed E-state index contributed by atoms with van der Waals surface area (Å²) in [5.41, 5.74) is 0.604. The molecule has 0 saturated carbocycles. The van der Waals surface area contributed by atoms with E-state index in [0.29, 0.717) is 10.6 Å².